The lowest BCUT2D eigenvalue weighted by molar-refractivity contribution is 0.0322. The molecule has 0 atom stereocenters. The topological polar surface area (TPSA) is 52.4 Å². The predicted octanol–water partition coefficient (Wildman–Crippen LogP) is 3.00. The second-order valence-corrected chi connectivity index (χ2v) is 6.75. The number of morpholine rings is 1. The van der Waals surface area contributed by atoms with Crippen LogP contribution in [0.3, 0.4) is 0 Å². The van der Waals surface area contributed by atoms with Crippen LogP contribution < -0.4 is 4.74 Å². The zero-order chi connectivity index (χ0) is 17.9. The molecule has 3 heterocycles. The molecule has 0 aliphatic carbocycles. The summed E-state index contributed by atoms with van der Waals surface area (Å²) in [6.07, 6.45) is 1.62. The van der Waals surface area contributed by atoms with Crippen molar-refractivity contribution in [2.24, 2.45) is 7.05 Å². The Morgan fingerprint density at radius 2 is 1.96 bits per heavy atom. The summed E-state index contributed by atoms with van der Waals surface area (Å²) in [6.45, 7) is 5.18. The quantitative estimate of drug-likeness (QED) is 0.689. The molecule has 1 fully saturated rings. The van der Waals surface area contributed by atoms with E-state index in [-0.39, 0.29) is 0 Å². The smallest absolute Gasteiger partial charge is 0.178 e. The number of hydrogen-bond acceptors (Lipinski definition) is 5. The molecular formula is C19H21ClN4O2. The van der Waals surface area contributed by atoms with Crippen LogP contribution in [-0.4, -0.2) is 58.9 Å². The number of aryl methyl sites for hydroxylation is 1. The number of aromatic nitrogens is 3. The van der Waals surface area contributed by atoms with Gasteiger partial charge in [-0.25, -0.2) is 9.97 Å². The maximum atomic E-state index is 6.04. The fourth-order valence-corrected chi connectivity index (χ4v) is 3.27. The molecule has 26 heavy (non-hydrogen) atoms. The highest BCUT2D eigenvalue weighted by molar-refractivity contribution is 6.31. The Morgan fingerprint density at radius 1 is 1.19 bits per heavy atom. The van der Waals surface area contributed by atoms with E-state index in [1.165, 1.54) is 0 Å². The van der Waals surface area contributed by atoms with Gasteiger partial charge in [-0.2, -0.15) is 0 Å². The maximum absolute atomic E-state index is 6.04. The monoisotopic (exact) mass is 372 g/mol. The van der Waals surface area contributed by atoms with Gasteiger partial charge in [-0.1, -0.05) is 11.6 Å². The third kappa shape index (κ3) is 3.67. The van der Waals surface area contributed by atoms with Crippen molar-refractivity contribution in [1.82, 2.24) is 19.4 Å². The van der Waals surface area contributed by atoms with Gasteiger partial charge in [0.15, 0.2) is 5.65 Å². The van der Waals surface area contributed by atoms with E-state index in [9.17, 15) is 0 Å². The molecule has 0 amide bonds. The predicted molar refractivity (Wildman–Crippen MR) is 102 cm³/mol. The van der Waals surface area contributed by atoms with Crippen molar-refractivity contribution in [3.05, 3.63) is 41.6 Å². The molecule has 3 aromatic rings. The van der Waals surface area contributed by atoms with E-state index in [1.807, 2.05) is 41.9 Å². The molecular weight excluding hydrogens is 352 g/mol. The first-order valence-corrected chi connectivity index (χ1v) is 9.10. The van der Waals surface area contributed by atoms with Crippen LogP contribution in [-0.2, 0) is 11.8 Å². The number of nitrogens with zero attached hydrogens (tertiary/aromatic N) is 4. The summed E-state index contributed by atoms with van der Waals surface area (Å²) in [5, 5.41) is 0.607. The van der Waals surface area contributed by atoms with E-state index in [2.05, 4.69) is 14.9 Å². The van der Waals surface area contributed by atoms with Gasteiger partial charge in [-0.3, -0.25) is 4.90 Å². The second-order valence-electron chi connectivity index (χ2n) is 6.32. The first-order valence-electron chi connectivity index (χ1n) is 8.72. The highest BCUT2D eigenvalue weighted by Crippen LogP contribution is 2.25. The SMILES string of the molecule is Cn1c(-c2ccc(OCCN3CCOCC3)cc2)nc2ncc(Cl)cc21. The molecule has 2 aromatic heterocycles. The molecule has 0 radical (unpaired) electrons. The third-order valence-electron chi connectivity index (χ3n) is 4.60. The Labute approximate surface area is 157 Å². The Bertz CT molecular complexity index is 888. The van der Waals surface area contributed by atoms with Gasteiger partial charge in [-0.05, 0) is 30.3 Å². The molecule has 0 bridgehead atoms. The van der Waals surface area contributed by atoms with E-state index in [1.54, 1.807) is 6.20 Å². The van der Waals surface area contributed by atoms with Crippen molar-refractivity contribution in [1.29, 1.82) is 0 Å². The van der Waals surface area contributed by atoms with Gasteiger partial charge in [0.25, 0.3) is 0 Å². The number of fused-ring (bicyclic) bond motifs is 1. The van der Waals surface area contributed by atoms with E-state index in [0.29, 0.717) is 17.3 Å². The molecule has 1 saturated heterocycles. The van der Waals surface area contributed by atoms with Crippen LogP contribution in [0.15, 0.2) is 36.5 Å². The van der Waals surface area contributed by atoms with Crippen LogP contribution in [0.2, 0.25) is 5.02 Å². The summed E-state index contributed by atoms with van der Waals surface area (Å²) >= 11 is 6.04. The average molecular weight is 373 g/mol. The fourth-order valence-electron chi connectivity index (χ4n) is 3.12. The lowest BCUT2D eigenvalue weighted by atomic mass is 10.2. The molecule has 1 aliphatic heterocycles. The number of halogens is 1. The third-order valence-corrected chi connectivity index (χ3v) is 4.80. The van der Waals surface area contributed by atoms with Crippen LogP contribution in [0.25, 0.3) is 22.6 Å². The minimum absolute atomic E-state index is 0.607. The van der Waals surface area contributed by atoms with E-state index < -0.39 is 0 Å². The Balaban J connectivity index is 1.43. The number of ether oxygens (including phenoxy) is 2. The first-order chi connectivity index (χ1) is 12.7. The zero-order valence-corrected chi connectivity index (χ0v) is 15.4. The molecule has 1 aliphatic rings. The average Bonchev–Trinajstić information content (AvgIpc) is 2.99. The fraction of sp³-hybridized carbons (Fsp3) is 0.368. The summed E-state index contributed by atoms with van der Waals surface area (Å²) in [5.74, 6) is 1.72. The second kappa shape index (κ2) is 7.61. The molecule has 7 heteroatoms. The molecule has 4 rings (SSSR count). The molecule has 0 spiro atoms. The summed E-state index contributed by atoms with van der Waals surface area (Å²) in [7, 11) is 1.97. The lowest BCUT2D eigenvalue weighted by Crippen LogP contribution is -2.38. The van der Waals surface area contributed by atoms with Gasteiger partial charge in [0.1, 0.15) is 18.2 Å². The largest absolute Gasteiger partial charge is 0.492 e. The minimum atomic E-state index is 0.607. The molecule has 0 N–H and O–H groups in total. The summed E-state index contributed by atoms with van der Waals surface area (Å²) < 4.78 is 13.2. The number of benzene rings is 1. The van der Waals surface area contributed by atoms with Crippen LogP contribution in [0.4, 0.5) is 0 Å². The highest BCUT2D eigenvalue weighted by Gasteiger charge is 2.12. The number of hydrogen-bond donors (Lipinski definition) is 0. The summed E-state index contributed by atoms with van der Waals surface area (Å²) in [6, 6.07) is 9.88. The number of rotatable bonds is 5. The van der Waals surface area contributed by atoms with E-state index in [4.69, 9.17) is 21.1 Å². The molecule has 0 saturated carbocycles. The Hall–Kier alpha value is -2.15. The van der Waals surface area contributed by atoms with Crippen LogP contribution in [0.1, 0.15) is 0 Å². The molecule has 0 unspecified atom stereocenters. The Morgan fingerprint density at radius 3 is 2.73 bits per heavy atom. The van der Waals surface area contributed by atoms with Crippen molar-refractivity contribution in [2.45, 2.75) is 0 Å². The van der Waals surface area contributed by atoms with Crippen molar-refractivity contribution in [3.8, 4) is 17.1 Å². The van der Waals surface area contributed by atoms with Gasteiger partial charge in [0.2, 0.25) is 0 Å². The van der Waals surface area contributed by atoms with E-state index >= 15 is 0 Å². The van der Waals surface area contributed by atoms with E-state index in [0.717, 1.165) is 55.5 Å². The van der Waals surface area contributed by atoms with Gasteiger partial charge in [-0.15, -0.1) is 0 Å². The lowest BCUT2D eigenvalue weighted by Gasteiger charge is -2.26. The van der Waals surface area contributed by atoms with Crippen LogP contribution in [0.5, 0.6) is 5.75 Å². The van der Waals surface area contributed by atoms with Crippen molar-refractivity contribution < 1.29 is 9.47 Å². The summed E-state index contributed by atoms with van der Waals surface area (Å²) in [5.41, 5.74) is 2.62. The van der Waals surface area contributed by atoms with Gasteiger partial charge in [0.05, 0.1) is 23.8 Å². The molecule has 1 aromatic carbocycles. The van der Waals surface area contributed by atoms with Crippen molar-refractivity contribution >= 4 is 22.8 Å². The van der Waals surface area contributed by atoms with Crippen LogP contribution >= 0.6 is 11.6 Å². The maximum Gasteiger partial charge on any atom is 0.178 e. The summed E-state index contributed by atoms with van der Waals surface area (Å²) in [4.78, 5) is 11.3. The standard InChI is InChI=1S/C19H21ClN4O2/c1-23-17-12-15(20)13-21-18(17)22-19(23)14-2-4-16(5-3-14)26-11-8-24-6-9-25-10-7-24/h2-5,12-13H,6-11H2,1H3. The minimum Gasteiger partial charge on any atom is -0.492 e. The van der Waals surface area contributed by atoms with Crippen molar-refractivity contribution in [3.63, 3.8) is 0 Å². The first kappa shape index (κ1) is 17.3. The van der Waals surface area contributed by atoms with Crippen LogP contribution in [0, 0.1) is 0 Å². The van der Waals surface area contributed by atoms with Gasteiger partial charge in [0, 0.05) is 38.4 Å². The number of imidazole rings is 1. The molecule has 136 valence electrons. The normalized spacial score (nSPS) is 15.5. The van der Waals surface area contributed by atoms with Gasteiger partial charge >= 0.3 is 0 Å². The zero-order valence-electron chi connectivity index (χ0n) is 14.7. The Kier molecular flexibility index (Phi) is 5.06. The number of pyridine rings is 1. The molecule has 6 nitrogen and oxygen atoms in total. The van der Waals surface area contributed by atoms with Crippen molar-refractivity contribution in [2.75, 3.05) is 39.5 Å². The highest BCUT2D eigenvalue weighted by atomic mass is 35.5. The van der Waals surface area contributed by atoms with Gasteiger partial charge < -0.3 is 14.0 Å².